The van der Waals surface area contributed by atoms with Crippen LogP contribution in [0.4, 0.5) is 0 Å². The fourth-order valence-corrected chi connectivity index (χ4v) is 2.78. The molecule has 0 aliphatic carbocycles. The number of carbonyl (C=O) groups is 1. The van der Waals surface area contributed by atoms with E-state index in [-0.39, 0.29) is 35.3 Å². The standard InChI is InChI=1S/C15H21ClO5S.Na.H/c1-2-3-4-5-6-9-12(16)15(17)21-13-10-7-8-11-14(13)22(18,19)20;;/h7-8,10-12H,2-6,9H2,1H3,(H,18,19,20);;. The molecule has 1 aromatic rings. The Morgan fingerprint density at radius 2 is 1.83 bits per heavy atom. The molecule has 1 aromatic carbocycles. The second kappa shape index (κ2) is 11.4. The average Bonchev–Trinajstić information content (AvgIpc) is 2.46. The van der Waals surface area contributed by atoms with Crippen molar-refractivity contribution in [2.45, 2.75) is 55.7 Å². The third-order valence-corrected chi connectivity index (χ3v) is 4.44. The zero-order valence-electron chi connectivity index (χ0n) is 12.5. The fourth-order valence-electron chi connectivity index (χ4n) is 1.96. The second-order valence-corrected chi connectivity index (χ2v) is 6.93. The minimum atomic E-state index is -4.45. The van der Waals surface area contributed by atoms with Crippen LogP contribution in [0.5, 0.6) is 5.75 Å². The van der Waals surface area contributed by atoms with Crippen molar-refractivity contribution in [2.75, 3.05) is 0 Å². The summed E-state index contributed by atoms with van der Waals surface area (Å²) in [5.74, 6) is -0.931. The molecule has 0 heterocycles. The molecule has 1 rings (SSSR count). The van der Waals surface area contributed by atoms with Gasteiger partial charge < -0.3 is 4.74 Å². The summed E-state index contributed by atoms with van der Waals surface area (Å²) in [6.45, 7) is 2.12. The molecule has 23 heavy (non-hydrogen) atoms. The summed E-state index contributed by atoms with van der Waals surface area (Å²) in [6.07, 6.45) is 5.66. The van der Waals surface area contributed by atoms with Gasteiger partial charge in [0.1, 0.15) is 10.3 Å². The number of hydrogen-bond donors (Lipinski definition) is 1. The van der Waals surface area contributed by atoms with Crippen LogP contribution in [0.1, 0.15) is 45.4 Å². The Kier molecular flexibility index (Phi) is 11.4. The molecule has 5 nitrogen and oxygen atoms in total. The second-order valence-electron chi connectivity index (χ2n) is 5.01. The number of hydrogen-bond acceptors (Lipinski definition) is 4. The normalized spacial score (nSPS) is 12.3. The van der Waals surface area contributed by atoms with Crippen molar-refractivity contribution in [1.82, 2.24) is 0 Å². The quantitative estimate of drug-likeness (QED) is 0.180. The summed E-state index contributed by atoms with van der Waals surface area (Å²) in [6, 6.07) is 5.38. The molecule has 1 atom stereocenters. The van der Waals surface area contributed by atoms with E-state index >= 15 is 0 Å². The molecular weight excluding hydrogens is 351 g/mol. The SMILES string of the molecule is CCCCCCCC(Cl)C(=O)Oc1ccccc1S(=O)(=O)O.[NaH]. The van der Waals surface area contributed by atoms with Gasteiger partial charge in [-0.2, -0.15) is 8.42 Å². The molecular formula is C15H22ClNaO5S. The monoisotopic (exact) mass is 372 g/mol. The van der Waals surface area contributed by atoms with Crippen LogP contribution in [0.3, 0.4) is 0 Å². The number of halogens is 1. The molecule has 1 unspecified atom stereocenters. The molecule has 126 valence electrons. The number of rotatable bonds is 9. The van der Waals surface area contributed by atoms with Crippen LogP contribution in [-0.2, 0) is 14.9 Å². The predicted molar refractivity (Wildman–Crippen MR) is 92.1 cm³/mol. The Labute approximate surface area is 164 Å². The fraction of sp³-hybridized carbons (Fsp3) is 0.533. The van der Waals surface area contributed by atoms with Crippen molar-refractivity contribution in [3.8, 4) is 5.75 Å². The number of carbonyl (C=O) groups excluding carboxylic acids is 1. The van der Waals surface area contributed by atoms with Gasteiger partial charge in [-0.15, -0.1) is 11.6 Å². The van der Waals surface area contributed by atoms with Crippen LogP contribution >= 0.6 is 11.6 Å². The van der Waals surface area contributed by atoms with Gasteiger partial charge in [-0.3, -0.25) is 9.35 Å². The molecule has 1 N–H and O–H groups in total. The van der Waals surface area contributed by atoms with E-state index in [1.165, 1.54) is 18.2 Å². The van der Waals surface area contributed by atoms with Gasteiger partial charge >= 0.3 is 35.5 Å². The summed E-state index contributed by atoms with van der Waals surface area (Å²) in [7, 11) is -4.45. The van der Waals surface area contributed by atoms with Crippen molar-refractivity contribution in [3.05, 3.63) is 24.3 Å². The maximum atomic E-state index is 11.9. The van der Waals surface area contributed by atoms with Gasteiger partial charge in [-0.05, 0) is 18.6 Å². The molecule has 0 spiro atoms. The average molecular weight is 373 g/mol. The maximum absolute atomic E-state index is 11.9. The van der Waals surface area contributed by atoms with Crippen LogP contribution in [0, 0.1) is 0 Å². The number of unbranched alkanes of at least 4 members (excludes halogenated alkanes) is 4. The first kappa shape index (κ1) is 22.9. The summed E-state index contributed by atoms with van der Waals surface area (Å²) < 4.78 is 36.5. The summed E-state index contributed by atoms with van der Waals surface area (Å²) in [5, 5.41) is -0.837. The Morgan fingerprint density at radius 1 is 1.22 bits per heavy atom. The number of benzene rings is 1. The number of esters is 1. The van der Waals surface area contributed by atoms with E-state index < -0.39 is 26.4 Å². The molecule has 0 amide bonds. The van der Waals surface area contributed by atoms with E-state index in [9.17, 15) is 13.2 Å². The van der Waals surface area contributed by atoms with Crippen molar-refractivity contribution < 1.29 is 22.5 Å². The van der Waals surface area contributed by atoms with Crippen molar-refractivity contribution in [1.29, 1.82) is 0 Å². The van der Waals surface area contributed by atoms with E-state index in [2.05, 4.69) is 6.92 Å². The van der Waals surface area contributed by atoms with Crippen molar-refractivity contribution in [3.63, 3.8) is 0 Å². The summed E-state index contributed by atoms with van der Waals surface area (Å²) >= 11 is 5.97. The van der Waals surface area contributed by atoms with E-state index in [4.69, 9.17) is 20.9 Å². The van der Waals surface area contributed by atoms with Gasteiger partial charge in [0.2, 0.25) is 0 Å². The zero-order chi connectivity index (χ0) is 16.6. The third-order valence-electron chi connectivity index (χ3n) is 3.15. The van der Waals surface area contributed by atoms with Crippen LogP contribution in [0.15, 0.2) is 29.2 Å². The summed E-state index contributed by atoms with van der Waals surface area (Å²) in [4.78, 5) is 11.4. The van der Waals surface area contributed by atoms with E-state index in [0.29, 0.717) is 6.42 Å². The van der Waals surface area contributed by atoms with Crippen LogP contribution in [0.2, 0.25) is 0 Å². The molecule has 0 saturated heterocycles. The number of para-hydroxylation sites is 1. The van der Waals surface area contributed by atoms with E-state index in [0.717, 1.165) is 38.2 Å². The molecule has 0 radical (unpaired) electrons. The Bertz CT molecular complexity index is 591. The van der Waals surface area contributed by atoms with Crippen LogP contribution in [0.25, 0.3) is 0 Å². The van der Waals surface area contributed by atoms with E-state index in [1.54, 1.807) is 0 Å². The first-order valence-electron chi connectivity index (χ1n) is 7.28. The minimum absolute atomic E-state index is 0. The van der Waals surface area contributed by atoms with Gasteiger partial charge in [-0.25, -0.2) is 0 Å². The number of alkyl halides is 1. The Balaban J connectivity index is 0.00000484. The third kappa shape index (κ3) is 8.52. The Hall–Kier alpha value is -0.110. The molecule has 8 heteroatoms. The topological polar surface area (TPSA) is 80.7 Å². The van der Waals surface area contributed by atoms with Crippen LogP contribution < -0.4 is 4.74 Å². The molecule has 0 aliphatic heterocycles. The molecule has 0 bridgehead atoms. The first-order chi connectivity index (χ1) is 10.4. The zero-order valence-corrected chi connectivity index (χ0v) is 14.1. The summed E-state index contributed by atoms with van der Waals surface area (Å²) in [5.41, 5.74) is 0. The van der Waals surface area contributed by atoms with Gasteiger partial charge in [-0.1, -0.05) is 51.2 Å². The van der Waals surface area contributed by atoms with Crippen molar-refractivity contribution >= 4 is 57.2 Å². The number of ether oxygens (including phenoxy) is 1. The molecule has 0 fully saturated rings. The van der Waals surface area contributed by atoms with Gasteiger partial charge in [0.15, 0.2) is 5.75 Å². The van der Waals surface area contributed by atoms with Gasteiger partial charge in [0.05, 0.1) is 0 Å². The van der Waals surface area contributed by atoms with Crippen molar-refractivity contribution in [2.24, 2.45) is 0 Å². The predicted octanol–water partition coefficient (Wildman–Crippen LogP) is 3.16. The van der Waals surface area contributed by atoms with Gasteiger partial charge in [0, 0.05) is 0 Å². The molecule has 0 saturated carbocycles. The first-order valence-corrected chi connectivity index (χ1v) is 9.16. The van der Waals surface area contributed by atoms with Gasteiger partial charge in [0.25, 0.3) is 10.1 Å². The molecule has 0 aliphatic rings. The van der Waals surface area contributed by atoms with E-state index in [1.807, 2.05) is 0 Å². The molecule has 0 aromatic heterocycles. The Morgan fingerprint density at radius 3 is 2.43 bits per heavy atom. The van der Waals surface area contributed by atoms with Crippen LogP contribution in [-0.4, -0.2) is 53.9 Å².